The molecule has 6 heteroatoms. The molecule has 1 aliphatic rings. The van der Waals surface area contributed by atoms with Crippen LogP contribution in [0.25, 0.3) is 10.7 Å². The molecule has 23 heavy (non-hydrogen) atoms. The van der Waals surface area contributed by atoms with Gasteiger partial charge in [-0.25, -0.2) is 4.79 Å². The molecule has 0 atom stereocenters. The number of hydrogen-bond acceptors (Lipinski definition) is 6. The highest BCUT2D eigenvalue weighted by molar-refractivity contribution is 7.13. The summed E-state index contributed by atoms with van der Waals surface area (Å²) in [5, 5.41) is 5.83. The molecular formula is C17H14N2O3S. The van der Waals surface area contributed by atoms with Gasteiger partial charge in [0.25, 0.3) is 5.89 Å². The number of aryl methyl sites for hydroxylation is 2. The summed E-state index contributed by atoms with van der Waals surface area (Å²) in [5.41, 5.74) is 3.15. The number of aromatic nitrogens is 2. The number of esters is 1. The van der Waals surface area contributed by atoms with E-state index < -0.39 is 0 Å². The zero-order valence-corrected chi connectivity index (χ0v) is 13.1. The molecule has 0 N–H and O–H groups in total. The Morgan fingerprint density at radius 3 is 3.04 bits per heavy atom. The summed E-state index contributed by atoms with van der Waals surface area (Å²) in [4.78, 5) is 17.3. The first-order valence-corrected chi connectivity index (χ1v) is 8.33. The van der Waals surface area contributed by atoms with Crippen molar-refractivity contribution >= 4 is 17.3 Å². The Kier molecular flexibility index (Phi) is 3.67. The minimum atomic E-state index is -0.365. The first-order valence-electron chi connectivity index (χ1n) is 7.45. The highest BCUT2D eigenvalue weighted by atomic mass is 32.1. The monoisotopic (exact) mass is 326 g/mol. The van der Waals surface area contributed by atoms with E-state index in [2.05, 4.69) is 10.1 Å². The number of thiophene rings is 1. The topological polar surface area (TPSA) is 65.2 Å². The number of rotatable bonds is 4. The Balaban J connectivity index is 1.42. The van der Waals surface area contributed by atoms with Crippen molar-refractivity contribution in [2.75, 3.05) is 0 Å². The average Bonchev–Trinajstić information content (AvgIpc) is 3.32. The van der Waals surface area contributed by atoms with E-state index in [9.17, 15) is 4.79 Å². The molecule has 0 spiro atoms. The number of ether oxygens (including phenoxy) is 1. The van der Waals surface area contributed by atoms with E-state index in [-0.39, 0.29) is 12.6 Å². The van der Waals surface area contributed by atoms with Crippen molar-refractivity contribution in [2.45, 2.75) is 25.9 Å². The van der Waals surface area contributed by atoms with Crippen molar-refractivity contribution in [1.82, 2.24) is 10.1 Å². The Morgan fingerprint density at radius 1 is 1.26 bits per heavy atom. The van der Waals surface area contributed by atoms with Gasteiger partial charge in [0.15, 0.2) is 6.61 Å². The molecule has 0 aliphatic heterocycles. The Bertz CT molecular complexity index is 839. The van der Waals surface area contributed by atoms with Gasteiger partial charge >= 0.3 is 5.97 Å². The maximum absolute atomic E-state index is 12.1. The number of carbonyl (C=O) groups excluding carboxylic acids is 1. The molecule has 116 valence electrons. The Hall–Kier alpha value is -2.47. The Labute approximate surface area is 136 Å². The smallest absolute Gasteiger partial charge is 0.338 e. The minimum Gasteiger partial charge on any atom is -0.452 e. The van der Waals surface area contributed by atoms with Crippen LogP contribution in [0, 0.1) is 0 Å². The van der Waals surface area contributed by atoms with Gasteiger partial charge in [0.2, 0.25) is 5.82 Å². The van der Waals surface area contributed by atoms with Crippen LogP contribution < -0.4 is 0 Å². The third-order valence-electron chi connectivity index (χ3n) is 3.87. The van der Waals surface area contributed by atoms with Crippen LogP contribution in [0.15, 0.2) is 40.2 Å². The maximum atomic E-state index is 12.1. The number of hydrogen-bond donors (Lipinski definition) is 0. The molecule has 4 rings (SSSR count). The summed E-state index contributed by atoms with van der Waals surface area (Å²) >= 11 is 1.53. The molecule has 0 bridgehead atoms. The first kappa shape index (κ1) is 14.1. The number of benzene rings is 1. The molecule has 1 aliphatic carbocycles. The number of nitrogens with zero attached hydrogens (tertiary/aromatic N) is 2. The van der Waals surface area contributed by atoms with E-state index in [1.54, 1.807) is 0 Å². The Morgan fingerprint density at radius 2 is 2.17 bits per heavy atom. The molecule has 3 aromatic rings. The summed E-state index contributed by atoms with van der Waals surface area (Å²) in [6, 6.07) is 9.59. The third-order valence-corrected chi connectivity index (χ3v) is 4.74. The molecule has 0 fully saturated rings. The van der Waals surface area contributed by atoms with Crippen LogP contribution in [0.2, 0.25) is 0 Å². The fourth-order valence-corrected chi connectivity index (χ4v) is 3.38. The summed E-state index contributed by atoms with van der Waals surface area (Å²) < 4.78 is 10.4. The molecule has 0 saturated carbocycles. The lowest BCUT2D eigenvalue weighted by Gasteiger charge is -2.04. The summed E-state index contributed by atoms with van der Waals surface area (Å²) in [6.07, 6.45) is 3.28. The predicted octanol–water partition coefficient (Wildman–Crippen LogP) is 3.64. The van der Waals surface area contributed by atoms with Gasteiger partial charge in [0, 0.05) is 0 Å². The quantitative estimate of drug-likeness (QED) is 0.685. The fraction of sp³-hybridized carbons (Fsp3) is 0.235. The number of fused-ring (bicyclic) bond motifs is 1. The van der Waals surface area contributed by atoms with Crippen molar-refractivity contribution in [3.05, 3.63) is 58.3 Å². The van der Waals surface area contributed by atoms with Gasteiger partial charge in [-0.2, -0.15) is 4.98 Å². The van der Waals surface area contributed by atoms with Crippen LogP contribution in [0.3, 0.4) is 0 Å². The van der Waals surface area contributed by atoms with E-state index >= 15 is 0 Å². The zero-order chi connectivity index (χ0) is 15.6. The van der Waals surface area contributed by atoms with Gasteiger partial charge in [-0.15, -0.1) is 11.3 Å². The van der Waals surface area contributed by atoms with Crippen molar-refractivity contribution in [2.24, 2.45) is 0 Å². The molecule has 0 amide bonds. The van der Waals surface area contributed by atoms with Crippen molar-refractivity contribution in [1.29, 1.82) is 0 Å². The van der Waals surface area contributed by atoms with E-state index in [1.165, 1.54) is 22.5 Å². The highest BCUT2D eigenvalue weighted by Crippen LogP contribution is 2.24. The SMILES string of the molecule is O=C(OCc1nc(-c2cccs2)no1)c1ccc2c(c1)CCC2. The number of carbonyl (C=O) groups is 1. The predicted molar refractivity (Wildman–Crippen MR) is 85.2 cm³/mol. The molecule has 5 nitrogen and oxygen atoms in total. The lowest BCUT2D eigenvalue weighted by molar-refractivity contribution is 0.0429. The molecular weight excluding hydrogens is 312 g/mol. The third kappa shape index (κ3) is 2.90. The van der Waals surface area contributed by atoms with E-state index in [0.29, 0.717) is 17.3 Å². The van der Waals surface area contributed by atoms with Crippen molar-refractivity contribution < 1.29 is 14.1 Å². The lowest BCUT2D eigenvalue weighted by Crippen LogP contribution is -2.06. The van der Waals surface area contributed by atoms with Crippen LogP contribution in [-0.2, 0) is 24.2 Å². The van der Waals surface area contributed by atoms with Gasteiger partial charge in [-0.1, -0.05) is 17.3 Å². The molecule has 0 radical (unpaired) electrons. The van der Waals surface area contributed by atoms with Gasteiger partial charge in [-0.3, -0.25) is 0 Å². The first-order chi connectivity index (χ1) is 11.3. The summed E-state index contributed by atoms with van der Waals surface area (Å²) in [5.74, 6) is 0.446. The van der Waals surface area contributed by atoms with Gasteiger partial charge in [-0.05, 0) is 54.0 Å². The van der Waals surface area contributed by atoms with Crippen molar-refractivity contribution in [3.63, 3.8) is 0 Å². The summed E-state index contributed by atoms with van der Waals surface area (Å²) in [7, 11) is 0. The highest BCUT2D eigenvalue weighted by Gasteiger charge is 2.16. The molecule has 0 saturated heterocycles. The lowest BCUT2D eigenvalue weighted by atomic mass is 10.1. The van der Waals surface area contributed by atoms with Crippen LogP contribution >= 0.6 is 11.3 Å². The van der Waals surface area contributed by atoms with Crippen LogP contribution in [0.4, 0.5) is 0 Å². The van der Waals surface area contributed by atoms with Crippen molar-refractivity contribution in [3.8, 4) is 10.7 Å². The van der Waals surface area contributed by atoms with Crippen LogP contribution in [0.1, 0.15) is 33.8 Å². The molecule has 0 unspecified atom stereocenters. The second kappa shape index (κ2) is 5.96. The average molecular weight is 326 g/mol. The second-order valence-corrected chi connectivity index (χ2v) is 6.35. The van der Waals surface area contributed by atoms with E-state index in [0.717, 1.165) is 24.1 Å². The standard InChI is InChI=1S/C17H14N2O3S/c20-17(13-7-6-11-3-1-4-12(11)9-13)21-10-15-18-16(19-22-15)14-5-2-8-23-14/h2,5-9H,1,3-4,10H2. The van der Waals surface area contributed by atoms with E-state index in [1.807, 2.05) is 35.7 Å². The van der Waals surface area contributed by atoms with Gasteiger partial charge in [0.05, 0.1) is 10.4 Å². The molecule has 2 heterocycles. The fourth-order valence-electron chi connectivity index (χ4n) is 2.73. The summed E-state index contributed by atoms with van der Waals surface area (Å²) in [6.45, 7) is -0.0196. The normalized spacial score (nSPS) is 13.0. The molecule has 1 aromatic carbocycles. The molecule has 2 aromatic heterocycles. The van der Waals surface area contributed by atoms with Crippen LogP contribution in [-0.4, -0.2) is 16.1 Å². The zero-order valence-electron chi connectivity index (χ0n) is 12.3. The van der Waals surface area contributed by atoms with Gasteiger partial charge in [0.1, 0.15) is 0 Å². The van der Waals surface area contributed by atoms with Crippen LogP contribution in [0.5, 0.6) is 0 Å². The van der Waals surface area contributed by atoms with Gasteiger partial charge < -0.3 is 9.26 Å². The second-order valence-electron chi connectivity index (χ2n) is 5.40. The van der Waals surface area contributed by atoms with E-state index in [4.69, 9.17) is 9.26 Å². The minimum absolute atomic E-state index is 0.0196. The largest absolute Gasteiger partial charge is 0.452 e. The maximum Gasteiger partial charge on any atom is 0.338 e.